The molecule has 0 rings (SSSR count). The van der Waals surface area contributed by atoms with Gasteiger partial charge in [-0.25, -0.2) is 9.13 Å². The van der Waals surface area contributed by atoms with Crippen molar-refractivity contribution in [3.8, 4) is 0 Å². The van der Waals surface area contributed by atoms with E-state index in [-0.39, 0.29) is 25.7 Å². The van der Waals surface area contributed by atoms with Crippen molar-refractivity contribution in [2.24, 2.45) is 5.92 Å². The summed E-state index contributed by atoms with van der Waals surface area (Å²) in [4.78, 5) is 72.6. The zero-order chi connectivity index (χ0) is 70.5. The molecule has 0 aliphatic heterocycles. The predicted molar refractivity (Wildman–Crippen MR) is 391 cm³/mol. The molecule has 0 radical (unpaired) electrons. The molecule has 17 nitrogen and oxygen atoms in total. The Morgan fingerprint density at radius 1 is 0.281 bits per heavy atom. The minimum Gasteiger partial charge on any atom is -0.462 e. The lowest BCUT2D eigenvalue weighted by Crippen LogP contribution is -2.30. The van der Waals surface area contributed by atoms with Gasteiger partial charge in [-0.05, 0) is 31.6 Å². The number of phosphoric acid groups is 2. The molecule has 570 valence electrons. The van der Waals surface area contributed by atoms with Crippen LogP contribution in [0.2, 0.25) is 0 Å². The Morgan fingerprint density at radius 3 is 0.708 bits per heavy atom. The van der Waals surface area contributed by atoms with Crippen LogP contribution in [-0.4, -0.2) is 96.7 Å². The summed E-state index contributed by atoms with van der Waals surface area (Å²) in [7, 11) is -9.90. The van der Waals surface area contributed by atoms with Crippen molar-refractivity contribution in [3.63, 3.8) is 0 Å². The molecular weight excluding hydrogens is 1260 g/mol. The predicted octanol–water partition coefficient (Wildman–Crippen LogP) is 22.9. The summed E-state index contributed by atoms with van der Waals surface area (Å²) in [6, 6.07) is 0. The molecule has 0 aliphatic rings. The van der Waals surface area contributed by atoms with Crippen LogP contribution in [0.5, 0.6) is 0 Å². The van der Waals surface area contributed by atoms with Gasteiger partial charge >= 0.3 is 39.5 Å². The fourth-order valence-corrected chi connectivity index (χ4v) is 13.5. The lowest BCUT2D eigenvalue weighted by molar-refractivity contribution is -0.161. The van der Waals surface area contributed by atoms with Crippen molar-refractivity contribution in [2.45, 2.75) is 425 Å². The second-order valence-corrected chi connectivity index (χ2v) is 31.1. The van der Waals surface area contributed by atoms with Gasteiger partial charge in [-0.3, -0.25) is 37.3 Å². The Bertz CT molecular complexity index is 1840. The van der Waals surface area contributed by atoms with E-state index in [9.17, 15) is 43.2 Å². The molecule has 96 heavy (non-hydrogen) atoms. The minimum atomic E-state index is -4.96. The van der Waals surface area contributed by atoms with Crippen molar-refractivity contribution in [2.75, 3.05) is 39.6 Å². The second kappa shape index (κ2) is 70.1. The first-order valence-corrected chi connectivity index (χ1v) is 43.1. The van der Waals surface area contributed by atoms with E-state index in [1.807, 2.05) is 0 Å². The van der Waals surface area contributed by atoms with Gasteiger partial charge in [-0.15, -0.1) is 0 Å². The lowest BCUT2D eigenvalue weighted by Gasteiger charge is -2.21. The lowest BCUT2D eigenvalue weighted by atomic mass is 10.0. The number of carbonyl (C=O) groups is 4. The average Bonchev–Trinajstić information content (AvgIpc) is 1.13. The van der Waals surface area contributed by atoms with E-state index in [4.69, 9.17) is 37.0 Å². The van der Waals surface area contributed by atoms with Gasteiger partial charge in [0.05, 0.1) is 26.4 Å². The van der Waals surface area contributed by atoms with Gasteiger partial charge < -0.3 is 33.8 Å². The zero-order valence-corrected chi connectivity index (χ0v) is 64.3. The van der Waals surface area contributed by atoms with E-state index in [0.29, 0.717) is 25.7 Å². The van der Waals surface area contributed by atoms with Crippen LogP contribution in [-0.2, 0) is 65.4 Å². The highest BCUT2D eigenvalue weighted by Crippen LogP contribution is 2.45. The quantitative estimate of drug-likeness (QED) is 0.0222. The monoisotopic (exact) mass is 1410 g/mol. The number of hydrogen-bond acceptors (Lipinski definition) is 15. The molecule has 2 unspecified atom stereocenters. The summed E-state index contributed by atoms with van der Waals surface area (Å²) in [6.07, 6.45) is 60.1. The standard InChI is InChI=1S/C77H150O17P2/c1-6-9-12-15-17-19-21-23-25-26-27-31-34-38-42-46-51-56-61-75(80)88-67-73(94-77(82)63-58-53-48-44-40-36-32-28-30-33-37-41-45-50-54-59-70(4)5)69-92-96(85,86)90-65-71(78)64-89-95(83,84)91-68-72(66-87-74(79)60-55-49-14-11-8-3)93-76(81)62-57-52-47-43-39-35-29-24-22-20-18-16-13-10-7-2/h70-73,78H,6-69H2,1-5H3,(H,83,84)(H,85,86)/t71-,72+,73+/m0/s1. The Kier molecular flexibility index (Phi) is 68.7. The highest BCUT2D eigenvalue weighted by Gasteiger charge is 2.30. The molecule has 0 aromatic carbocycles. The van der Waals surface area contributed by atoms with E-state index < -0.39 is 97.5 Å². The number of aliphatic hydroxyl groups excluding tert-OH is 1. The van der Waals surface area contributed by atoms with Crippen LogP contribution in [0.25, 0.3) is 0 Å². The van der Waals surface area contributed by atoms with Crippen molar-refractivity contribution < 1.29 is 80.2 Å². The van der Waals surface area contributed by atoms with Crippen molar-refractivity contribution >= 4 is 39.5 Å². The molecule has 0 saturated carbocycles. The number of rotatable bonds is 77. The first-order valence-electron chi connectivity index (χ1n) is 40.1. The molecule has 0 saturated heterocycles. The third-order valence-electron chi connectivity index (χ3n) is 18.0. The number of carbonyl (C=O) groups excluding carboxylic acids is 4. The number of hydrogen-bond donors (Lipinski definition) is 3. The molecule has 0 heterocycles. The topological polar surface area (TPSA) is 237 Å². The zero-order valence-electron chi connectivity index (χ0n) is 62.5. The Balaban J connectivity index is 5.13. The summed E-state index contributed by atoms with van der Waals surface area (Å²) in [5.74, 6) is -1.32. The maximum atomic E-state index is 13.1. The van der Waals surface area contributed by atoms with Gasteiger partial charge in [0, 0.05) is 25.7 Å². The van der Waals surface area contributed by atoms with Crippen LogP contribution in [0, 0.1) is 5.92 Å². The average molecular weight is 1410 g/mol. The number of unbranched alkanes of at least 4 members (excludes halogenated alkanes) is 49. The van der Waals surface area contributed by atoms with Crippen molar-refractivity contribution in [1.82, 2.24) is 0 Å². The summed E-state index contributed by atoms with van der Waals surface area (Å²) < 4.78 is 68.4. The molecule has 0 fully saturated rings. The third kappa shape index (κ3) is 70.5. The molecule has 5 atom stereocenters. The van der Waals surface area contributed by atoms with Gasteiger partial charge in [-0.1, -0.05) is 356 Å². The maximum Gasteiger partial charge on any atom is 0.472 e. The van der Waals surface area contributed by atoms with Gasteiger partial charge in [0.25, 0.3) is 0 Å². The molecule has 0 aliphatic carbocycles. The van der Waals surface area contributed by atoms with E-state index >= 15 is 0 Å². The summed E-state index contributed by atoms with van der Waals surface area (Å²) in [5.41, 5.74) is 0. The maximum absolute atomic E-state index is 13.1. The largest absolute Gasteiger partial charge is 0.472 e. The molecule has 0 aromatic rings. The Labute approximate surface area is 588 Å². The molecule has 19 heteroatoms. The molecule has 3 N–H and O–H groups in total. The van der Waals surface area contributed by atoms with Crippen molar-refractivity contribution in [1.29, 1.82) is 0 Å². The Morgan fingerprint density at radius 2 is 0.479 bits per heavy atom. The highest BCUT2D eigenvalue weighted by atomic mass is 31.2. The molecule has 0 amide bonds. The van der Waals surface area contributed by atoms with Gasteiger partial charge in [0.1, 0.15) is 19.3 Å². The summed E-state index contributed by atoms with van der Waals surface area (Å²) in [5, 5.41) is 10.6. The number of phosphoric ester groups is 2. The number of esters is 4. The van der Waals surface area contributed by atoms with Crippen LogP contribution in [0.4, 0.5) is 0 Å². The smallest absolute Gasteiger partial charge is 0.462 e. The van der Waals surface area contributed by atoms with E-state index in [2.05, 4.69) is 34.6 Å². The van der Waals surface area contributed by atoms with Crippen LogP contribution >= 0.6 is 15.6 Å². The first-order chi connectivity index (χ1) is 46.5. The SMILES string of the molecule is CCCCCCCCCCCCCCCCCCCCC(=O)OC[C@H](COP(=O)(O)OC[C@@H](O)COP(=O)(O)OC[C@@H](COC(=O)CCCCCCC)OC(=O)CCCCCCCCCCCCCCCCC)OC(=O)CCCCCCCCCCCCCCCCCC(C)C. The summed E-state index contributed by atoms with van der Waals surface area (Å²) in [6.45, 7) is 7.25. The Hall–Kier alpha value is -1.94. The summed E-state index contributed by atoms with van der Waals surface area (Å²) >= 11 is 0. The molecule has 0 bridgehead atoms. The van der Waals surface area contributed by atoms with Crippen LogP contribution < -0.4 is 0 Å². The molecular formula is C77H150O17P2. The van der Waals surface area contributed by atoms with Crippen LogP contribution in [0.15, 0.2) is 0 Å². The fraction of sp³-hybridized carbons (Fsp3) is 0.948. The third-order valence-corrected chi connectivity index (χ3v) is 19.9. The normalized spacial score (nSPS) is 13.9. The fourth-order valence-electron chi connectivity index (χ4n) is 11.9. The van der Waals surface area contributed by atoms with E-state index in [1.54, 1.807) is 0 Å². The van der Waals surface area contributed by atoms with Crippen molar-refractivity contribution in [3.05, 3.63) is 0 Å². The van der Waals surface area contributed by atoms with E-state index in [1.165, 1.54) is 225 Å². The highest BCUT2D eigenvalue weighted by molar-refractivity contribution is 7.47. The van der Waals surface area contributed by atoms with Gasteiger partial charge in [0.2, 0.25) is 0 Å². The molecule has 0 spiro atoms. The van der Waals surface area contributed by atoms with Crippen LogP contribution in [0.3, 0.4) is 0 Å². The minimum absolute atomic E-state index is 0.107. The number of aliphatic hydroxyl groups is 1. The second-order valence-electron chi connectivity index (χ2n) is 28.2. The van der Waals surface area contributed by atoms with E-state index in [0.717, 1.165) is 102 Å². The van der Waals surface area contributed by atoms with Gasteiger partial charge in [-0.2, -0.15) is 0 Å². The first kappa shape index (κ1) is 94.1. The van der Waals surface area contributed by atoms with Gasteiger partial charge in [0.15, 0.2) is 12.2 Å². The van der Waals surface area contributed by atoms with Crippen LogP contribution in [0.1, 0.15) is 407 Å². The number of ether oxygens (including phenoxy) is 4. The molecule has 0 aromatic heterocycles.